The first-order valence-electron chi connectivity index (χ1n) is 6.00. The van der Waals surface area contributed by atoms with E-state index in [4.69, 9.17) is 4.74 Å². The van der Waals surface area contributed by atoms with Crippen molar-refractivity contribution in [2.24, 2.45) is 0 Å². The molecule has 1 aliphatic rings. The van der Waals surface area contributed by atoms with E-state index in [2.05, 4.69) is 20.9 Å². The molecule has 0 unspecified atom stereocenters. The normalized spacial score (nSPS) is 18.2. The second-order valence-electron chi connectivity index (χ2n) is 4.51. The van der Waals surface area contributed by atoms with Crippen LogP contribution in [-0.2, 0) is 6.42 Å². The van der Waals surface area contributed by atoms with Gasteiger partial charge in [-0.15, -0.1) is 11.3 Å². The molecule has 5 heteroatoms. The molecule has 0 fully saturated rings. The van der Waals surface area contributed by atoms with Crippen LogP contribution in [0.3, 0.4) is 0 Å². The fourth-order valence-electron chi connectivity index (χ4n) is 2.52. The van der Waals surface area contributed by atoms with Crippen LogP contribution < -0.4 is 4.74 Å². The van der Waals surface area contributed by atoms with Gasteiger partial charge >= 0.3 is 0 Å². The molecule has 3 rings (SSSR count). The number of fused-ring (bicyclic) bond motifs is 1. The van der Waals surface area contributed by atoms with Gasteiger partial charge in [0, 0.05) is 12.3 Å². The van der Waals surface area contributed by atoms with Crippen LogP contribution in [0.5, 0.6) is 5.75 Å². The zero-order valence-corrected chi connectivity index (χ0v) is 12.8. The number of rotatable bonds is 2. The lowest BCUT2D eigenvalue weighted by molar-refractivity contribution is 0.0967. The van der Waals surface area contributed by atoms with Crippen molar-refractivity contribution in [2.75, 3.05) is 7.11 Å². The van der Waals surface area contributed by atoms with E-state index >= 15 is 0 Å². The number of hydrogen-bond donors (Lipinski definition) is 0. The van der Waals surface area contributed by atoms with Crippen molar-refractivity contribution in [3.8, 4) is 5.75 Å². The first kappa shape index (κ1) is 12.8. The lowest BCUT2D eigenvalue weighted by Crippen LogP contribution is -2.18. The molecule has 3 nitrogen and oxygen atoms in total. The Morgan fingerprint density at radius 1 is 1.37 bits per heavy atom. The number of carbonyl (C=O) groups excluding carboxylic acids is 1. The van der Waals surface area contributed by atoms with Gasteiger partial charge in [-0.3, -0.25) is 4.79 Å². The number of Topliss-reactive ketones (excluding diaryl/α,β-unsaturated/α-hetero) is 1. The Bertz CT molecular complexity index is 638. The maximum Gasteiger partial charge on any atom is 0.175 e. The zero-order chi connectivity index (χ0) is 13.4. The van der Waals surface area contributed by atoms with Gasteiger partial charge in [-0.2, -0.15) is 0 Å². The predicted molar refractivity (Wildman–Crippen MR) is 78.2 cm³/mol. The first-order valence-corrected chi connectivity index (χ1v) is 7.61. The monoisotopic (exact) mass is 337 g/mol. The quantitative estimate of drug-likeness (QED) is 0.835. The van der Waals surface area contributed by atoms with Crippen LogP contribution in [0.15, 0.2) is 28.2 Å². The van der Waals surface area contributed by atoms with Crippen LogP contribution >= 0.6 is 27.3 Å². The predicted octanol–water partition coefficient (Wildman–Crippen LogP) is 3.83. The minimum absolute atomic E-state index is 0.158. The van der Waals surface area contributed by atoms with Crippen molar-refractivity contribution in [1.82, 2.24) is 4.98 Å². The summed E-state index contributed by atoms with van der Waals surface area (Å²) in [5.74, 6) is 1.18. The maximum atomic E-state index is 12.2. The fourth-order valence-corrected chi connectivity index (χ4v) is 3.99. The summed E-state index contributed by atoms with van der Waals surface area (Å²) in [7, 11) is 1.66. The molecule has 19 heavy (non-hydrogen) atoms. The number of para-hydroxylation sites is 1. The van der Waals surface area contributed by atoms with E-state index in [-0.39, 0.29) is 11.7 Å². The third kappa shape index (κ3) is 2.32. The average Bonchev–Trinajstić information content (AvgIpc) is 2.79. The van der Waals surface area contributed by atoms with Crippen molar-refractivity contribution in [3.63, 3.8) is 0 Å². The van der Waals surface area contributed by atoms with Crippen LogP contribution in [0.25, 0.3) is 0 Å². The number of nitrogens with zero attached hydrogens (tertiary/aromatic N) is 1. The SMILES string of the molecule is COc1ccccc1[C@@H]1CC(=O)c2sc(Br)nc2C1. The summed E-state index contributed by atoms with van der Waals surface area (Å²) >= 11 is 4.78. The van der Waals surface area contributed by atoms with Crippen LogP contribution in [0.1, 0.15) is 33.3 Å². The molecule has 1 aromatic heterocycles. The molecule has 0 radical (unpaired) electrons. The van der Waals surface area contributed by atoms with Crippen molar-refractivity contribution in [3.05, 3.63) is 44.3 Å². The molecule has 1 aliphatic carbocycles. The number of benzene rings is 1. The van der Waals surface area contributed by atoms with Gasteiger partial charge in [-0.25, -0.2) is 4.98 Å². The van der Waals surface area contributed by atoms with Crippen molar-refractivity contribution in [1.29, 1.82) is 0 Å². The number of ketones is 1. The lowest BCUT2D eigenvalue weighted by Gasteiger charge is -2.22. The molecule has 0 bridgehead atoms. The van der Waals surface area contributed by atoms with Crippen molar-refractivity contribution in [2.45, 2.75) is 18.8 Å². The van der Waals surface area contributed by atoms with Gasteiger partial charge in [-0.1, -0.05) is 18.2 Å². The third-order valence-electron chi connectivity index (χ3n) is 3.37. The van der Waals surface area contributed by atoms with Gasteiger partial charge in [0.1, 0.15) is 5.75 Å². The summed E-state index contributed by atoms with van der Waals surface area (Å²) in [6, 6.07) is 7.89. The Kier molecular flexibility index (Phi) is 3.41. The summed E-state index contributed by atoms with van der Waals surface area (Å²) in [5.41, 5.74) is 2.00. The summed E-state index contributed by atoms with van der Waals surface area (Å²) in [6.07, 6.45) is 1.32. The molecule has 0 aliphatic heterocycles. The molecule has 0 amide bonds. The Morgan fingerprint density at radius 2 is 2.16 bits per heavy atom. The van der Waals surface area contributed by atoms with Crippen LogP contribution in [0, 0.1) is 0 Å². The zero-order valence-electron chi connectivity index (χ0n) is 10.4. The molecule has 1 heterocycles. The third-order valence-corrected chi connectivity index (χ3v) is 4.96. The molecule has 2 aromatic rings. The van der Waals surface area contributed by atoms with Gasteiger partial charge in [0.25, 0.3) is 0 Å². The number of methoxy groups -OCH3 is 1. The van der Waals surface area contributed by atoms with E-state index in [0.29, 0.717) is 6.42 Å². The molecular formula is C14H12BrNO2S. The minimum atomic E-state index is 0.158. The standard InChI is InChI=1S/C14H12BrNO2S/c1-18-12-5-3-2-4-9(12)8-6-10-13(11(17)7-8)19-14(15)16-10/h2-5,8H,6-7H2,1H3/t8-/m0/s1. The number of aromatic nitrogens is 1. The highest BCUT2D eigenvalue weighted by Gasteiger charge is 2.30. The van der Waals surface area contributed by atoms with E-state index in [0.717, 1.165) is 32.2 Å². The highest BCUT2D eigenvalue weighted by atomic mass is 79.9. The average molecular weight is 338 g/mol. The molecule has 98 valence electrons. The van der Waals surface area contributed by atoms with E-state index in [1.807, 2.05) is 24.3 Å². The number of carbonyl (C=O) groups is 1. The van der Waals surface area contributed by atoms with Gasteiger partial charge in [0.15, 0.2) is 9.70 Å². The van der Waals surface area contributed by atoms with Crippen molar-refractivity contribution < 1.29 is 9.53 Å². The van der Waals surface area contributed by atoms with Gasteiger partial charge in [-0.05, 0) is 34.0 Å². The minimum Gasteiger partial charge on any atom is -0.496 e. The molecular weight excluding hydrogens is 326 g/mol. The fraction of sp³-hybridized carbons (Fsp3) is 0.286. The molecule has 0 spiro atoms. The van der Waals surface area contributed by atoms with Gasteiger partial charge < -0.3 is 4.74 Å². The molecule has 1 atom stereocenters. The van der Waals surface area contributed by atoms with Gasteiger partial charge in [0.2, 0.25) is 0 Å². The molecule has 1 aromatic carbocycles. The number of halogens is 1. The smallest absolute Gasteiger partial charge is 0.175 e. The van der Waals surface area contributed by atoms with E-state index in [1.165, 1.54) is 11.3 Å². The topological polar surface area (TPSA) is 39.2 Å². The number of thiazole rings is 1. The Hall–Kier alpha value is -1.20. The van der Waals surface area contributed by atoms with Crippen LogP contribution in [0.2, 0.25) is 0 Å². The summed E-state index contributed by atoms with van der Waals surface area (Å²) in [5, 5.41) is 0. The Labute approximate surface area is 123 Å². The molecule has 0 saturated carbocycles. The summed E-state index contributed by atoms with van der Waals surface area (Å²) < 4.78 is 6.17. The highest BCUT2D eigenvalue weighted by molar-refractivity contribution is 9.11. The van der Waals surface area contributed by atoms with E-state index in [1.54, 1.807) is 7.11 Å². The highest BCUT2D eigenvalue weighted by Crippen LogP contribution is 2.39. The second-order valence-corrected chi connectivity index (χ2v) is 6.79. The van der Waals surface area contributed by atoms with E-state index in [9.17, 15) is 4.79 Å². The largest absolute Gasteiger partial charge is 0.496 e. The second kappa shape index (κ2) is 5.06. The summed E-state index contributed by atoms with van der Waals surface area (Å²) in [6.45, 7) is 0. The van der Waals surface area contributed by atoms with Crippen molar-refractivity contribution >= 4 is 33.0 Å². The number of ether oxygens (including phenoxy) is 1. The Balaban J connectivity index is 1.99. The molecule has 0 saturated heterocycles. The Morgan fingerprint density at radius 3 is 2.95 bits per heavy atom. The maximum absolute atomic E-state index is 12.2. The number of hydrogen-bond acceptors (Lipinski definition) is 4. The summed E-state index contributed by atoms with van der Waals surface area (Å²) in [4.78, 5) is 17.4. The lowest BCUT2D eigenvalue weighted by atomic mass is 9.84. The first-order chi connectivity index (χ1) is 9.19. The van der Waals surface area contributed by atoms with Gasteiger partial charge in [0.05, 0.1) is 17.7 Å². The van der Waals surface area contributed by atoms with E-state index < -0.39 is 0 Å². The van der Waals surface area contributed by atoms with Crippen LogP contribution in [-0.4, -0.2) is 17.9 Å². The molecule has 0 N–H and O–H groups in total. The van der Waals surface area contributed by atoms with Crippen LogP contribution in [0.4, 0.5) is 0 Å².